The molecule has 0 aliphatic carbocycles. The second-order valence-electron chi connectivity index (χ2n) is 7.30. The maximum absolute atomic E-state index is 12.8. The monoisotopic (exact) mass is 382 g/mol. The molecule has 1 aromatic carbocycles. The van der Waals surface area contributed by atoms with Crippen LogP contribution in [0.15, 0.2) is 36.7 Å². The van der Waals surface area contributed by atoms with Crippen molar-refractivity contribution in [3.8, 4) is 5.69 Å². The minimum absolute atomic E-state index is 0.156. The fourth-order valence-electron chi connectivity index (χ4n) is 2.89. The number of carboxylic acids is 1. The maximum Gasteiger partial charge on any atom is 0.358 e. The van der Waals surface area contributed by atoms with E-state index >= 15 is 0 Å². The summed E-state index contributed by atoms with van der Waals surface area (Å²) in [5.74, 6) is -1.41. The molecule has 0 saturated carbocycles. The molecule has 0 radical (unpaired) electrons. The van der Waals surface area contributed by atoms with Crippen LogP contribution in [-0.4, -0.2) is 41.8 Å². The van der Waals surface area contributed by atoms with Crippen LogP contribution in [0, 0.1) is 0 Å². The van der Waals surface area contributed by atoms with Crippen LogP contribution in [0.25, 0.3) is 5.69 Å². The van der Waals surface area contributed by atoms with Gasteiger partial charge in [0.15, 0.2) is 5.69 Å². The summed E-state index contributed by atoms with van der Waals surface area (Å²) in [5, 5.41) is 23.6. The lowest BCUT2D eigenvalue weighted by Gasteiger charge is -2.22. The second-order valence-corrected chi connectivity index (χ2v) is 7.30. The number of nitrogens with one attached hydrogen (secondary N) is 1. The molecule has 0 saturated heterocycles. The average molecular weight is 382 g/mol. The van der Waals surface area contributed by atoms with Crippen LogP contribution in [0.1, 0.15) is 54.2 Å². The van der Waals surface area contributed by atoms with Gasteiger partial charge in [-0.25, -0.2) is 9.48 Å². The first-order chi connectivity index (χ1) is 13.2. The molecule has 2 N–H and O–H groups in total. The number of amides is 1. The third-order valence-electron chi connectivity index (χ3n) is 4.16. The molecule has 3 aromatic rings. The molecule has 0 fully saturated rings. The zero-order valence-corrected chi connectivity index (χ0v) is 16.2. The van der Waals surface area contributed by atoms with E-state index in [4.69, 9.17) is 5.11 Å². The molecule has 2 heterocycles. The Morgan fingerprint density at radius 1 is 1.25 bits per heavy atom. The van der Waals surface area contributed by atoms with Crippen molar-refractivity contribution in [3.63, 3.8) is 0 Å². The van der Waals surface area contributed by atoms with Gasteiger partial charge in [0.25, 0.3) is 5.91 Å². The molecule has 2 aromatic heterocycles. The van der Waals surface area contributed by atoms with Gasteiger partial charge in [-0.1, -0.05) is 18.2 Å². The van der Waals surface area contributed by atoms with Crippen LogP contribution in [0.2, 0.25) is 0 Å². The first kappa shape index (κ1) is 19.3. The van der Waals surface area contributed by atoms with Gasteiger partial charge in [0, 0.05) is 5.69 Å². The number of anilines is 1. The molecule has 9 nitrogen and oxygen atoms in total. The fraction of sp³-hybridized carbons (Fsp3) is 0.316. The Morgan fingerprint density at radius 3 is 2.61 bits per heavy atom. The molecule has 28 heavy (non-hydrogen) atoms. The summed E-state index contributed by atoms with van der Waals surface area (Å²) in [6.45, 7) is 8.09. The van der Waals surface area contributed by atoms with E-state index in [1.54, 1.807) is 30.5 Å². The average Bonchev–Trinajstić information content (AvgIpc) is 3.28. The standard InChI is InChI=1S/C19H22N6O3/c1-5-16-14(10-20-25(16)19(2,3)4)17(26)21-12-7-6-8-13(9-12)24-11-15(18(27)28)22-23-24/h6-11H,5H2,1-4H3,(H,21,26)(H,27,28). The molecule has 0 aliphatic heterocycles. The lowest BCUT2D eigenvalue weighted by molar-refractivity contribution is 0.0690. The molecule has 1 amide bonds. The van der Waals surface area contributed by atoms with Gasteiger partial charge < -0.3 is 10.4 Å². The highest BCUT2D eigenvalue weighted by atomic mass is 16.4. The van der Waals surface area contributed by atoms with E-state index in [1.165, 1.54) is 10.9 Å². The number of hydrogen-bond donors (Lipinski definition) is 2. The van der Waals surface area contributed by atoms with Crippen molar-refractivity contribution >= 4 is 17.6 Å². The molecule has 0 atom stereocenters. The Kier molecular flexibility index (Phi) is 5.00. The maximum atomic E-state index is 12.8. The van der Waals surface area contributed by atoms with Crippen LogP contribution in [-0.2, 0) is 12.0 Å². The molecule has 0 aliphatic rings. The molecule has 9 heteroatoms. The summed E-state index contributed by atoms with van der Waals surface area (Å²) < 4.78 is 3.20. The second kappa shape index (κ2) is 7.26. The topological polar surface area (TPSA) is 115 Å². The number of aromatic carboxylic acids is 1. The molecular formula is C19H22N6O3. The fourth-order valence-corrected chi connectivity index (χ4v) is 2.89. The van der Waals surface area contributed by atoms with Crippen molar-refractivity contribution in [2.24, 2.45) is 0 Å². The van der Waals surface area contributed by atoms with E-state index in [0.717, 1.165) is 5.69 Å². The Bertz CT molecular complexity index is 1030. The number of carbonyl (C=O) groups is 2. The van der Waals surface area contributed by atoms with Crippen LogP contribution in [0.4, 0.5) is 5.69 Å². The molecule has 3 rings (SSSR count). The van der Waals surface area contributed by atoms with Gasteiger partial charge in [-0.15, -0.1) is 5.10 Å². The van der Waals surface area contributed by atoms with Gasteiger partial charge in [-0.2, -0.15) is 5.10 Å². The highest BCUT2D eigenvalue weighted by molar-refractivity contribution is 6.05. The number of carboxylic acid groups (broad SMARTS) is 1. The summed E-state index contributed by atoms with van der Waals surface area (Å²) in [4.78, 5) is 23.8. The number of benzene rings is 1. The molecule has 0 bridgehead atoms. The molecular weight excluding hydrogens is 360 g/mol. The Balaban J connectivity index is 1.85. The van der Waals surface area contributed by atoms with Gasteiger partial charge in [0.1, 0.15) is 0 Å². The summed E-state index contributed by atoms with van der Waals surface area (Å²) in [5.41, 5.74) is 2.15. The Hall–Kier alpha value is -3.49. The van der Waals surface area contributed by atoms with Crippen molar-refractivity contribution < 1.29 is 14.7 Å². The lowest BCUT2D eigenvalue weighted by atomic mass is 10.1. The van der Waals surface area contributed by atoms with Crippen molar-refractivity contribution in [2.45, 2.75) is 39.7 Å². The van der Waals surface area contributed by atoms with Gasteiger partial charge >= 0.3 is 5.97 Å². The van der Waals surface area contributed by atoms with E-state index in [2.05, 4.69) is 20.7 Å². The summed E-state index contributed by atoms with van der Waals surface area (Å²) >= 11 is 0. The molecule has 0 spiro atoms. The largest absolute Gasteiger partial charge is 0.476 e. The zero-order chi connectivity index (χ0) is 20.5. The van der Waals surface area contributed by atoms with E-state index in [-0.39, 0.29) is 17.1 Å². The number of nitrogens with zero attached hydrogens (tertiary/aromatic N) is 5. The van der Waals surface area contributed by atoms with E-state index in [1.807, 2.05) is 32.4 Å². The third-order valence-corrected chi connectivity index (χ3v) is 4.16. The van der Waals surface area contributed by atoms with E-state index in [0.29, 0.717) is 23.4 Å². The zero-order valence-electron chi connectivity index (χ0n) is 16.2. The number of aromatic nitrogens is 5. The Morgan fingerprint density at radius 2 is 2.00 bits per heavy atom. The van der Waals surface area contributed by atoms with E-state index < -0.39 is 5.97 Å². The quantitative estimate of drug-likeness (QED) is 0.701. The first-order valence-electron chi connectivity index (χ1n) is 8.85. The molecule has 146 valence electrons. The van der Waals surface area contributed by atoms with Crippen molar-refractivity contribution in [3.05, 3.63) is 53.6 Å². The van der Waals surface area contributed by atoms with Crippen molar-refractivity contribution in [2.75, 3.05) is 5.32 Å². The Labute approximate surface area is 162 Å². The van der Waals surface area contributed by atoms with Crippen LogP contribution in [0.5, 0.6) is 0 Å². The van der Waals surface area contributed by atoms with Gasteiger partial charge in [0.05, 0.1) is 34.9 Å². The first-order valence-corrected chi connectivity index (χ1v) is 8.85. The number of carbonyl (C=O) groups excluding carboxylic acids is 1. The van der Waals surface area contributed by atoms with Crippen molar-refractivity contribution in [1.29, 1.82) is 0 Å². The van der Waals surface area contributed by atoms with E-state index in [9.17, 15) is 9.59 Å². The van der Waals surface area contributed by atoms with Gasteiger partial charge in [0.2, 0.25) is 0 Å². The summed E-state index contributed by atoms with van der Waals surface area (Å²) in [7, 11) is 0. The number of rotatable bonds is 5. The van der Waals surface area contributed by atoms with Gasteiger partial charge in [-0.3, -0.25) is 9.48 Å². The van der Waals surface area contributed by atoms with Crippen LogP contribution in [0.3, 0.4) is 0 Å². The minimum Gasteiger partial charge on any atom is -0.476 e. The SMILES string of the molecule is CCc1c(C(=O)Nc2cccc(-n3cc(C(=O)O)nn3)c2)cnn1C(C)(C)C. The lowest BCUT2D eigenvalue weighted by Crippen LogP contribution is -2.26. The predicted octanol–water partition coefficient (Wildman–Crippen LogP) is 2.73. The highest BCUT2D eigenvalue weighted by Crippen LogP contribution is 2.21. The molecule has 0 unspecified atom stereocenters. The van der Waals surface area contributed by atoms with Gasteiger partial charge in [-0.05, 0) is 45.4 Å². The summed E-state index contributed by atoms with van der Waals surface area (Å²) in [6, 6.07) is 6.92. The van der Waals surface area contributed by atoms with Crippen molar-refractivity contribution in [1.82, 2.24) is 24.8 Å². The normalized spacial score (nSPS) is 11.4. The van der Waals surface area contributed by atoms with Crippen LogP contribution < -0.4 is 5.32 Å². The minimum atomic E-state index is -1.15. The summed E-state index contributed by atoms with van der Waals surface area (Å²) in [6.07, 6.45) is 3.57. The third kappa shape index (κ3) is 3.78. The number of hydrogen-bond acceptors (Lipinski definition) is 5. The predicted molar refractivity (Wildman–Crippen MR) is 103 cm³/mol. The van der Waals surface area contributed by atoms with Crippen LogP contribution >= 0.6 is 0 Å². The smallest absolute Gasteiger partial charge is 0.358 e. The highest BCUT2D eigenvalue weighted by Gasteiger charge is 2.23.